The van der Waals surface area contributed by atoms with Crippen LogP contribution in [0.15, 0.2) is 11.3 Å². The average Bonchev–Trinajstić information content (AvgIpc) is 3.06. The molecule has 4 fully saturated rings. The number of allylic oxidation sites excluding steroid dienone is 1. The summed E-state index contributed by atoms with van der Waals surface area (Å²) in [4.78, 5) is 35.4. The first-order chi connectivity index (χ1) is 15.5. The zero-order chi connectivity index (χ0) is 24.1. The lowest BCUT2D eigenvalue weighted by molar-refractivity contribution is -0.184. The molecule has 4 aliphatic rings. The summed E-state index contributed by atoms with van der Waals surface area (Å²) in [7, 11) is 0. The number of fused-ring (bicyclic) bond motifs is 5. The molecular formula is C27H40O6. The highest BCUT2D eigenvalue weighted by atomic mass is 16.5. The number of hydrogen-bond donors (Lipinski definition) is 0. The third-order valence-electron chi connectivity index (χ3n) is 9.84. The molecule has 0 aliphatic heterocycles. The number of rotatable bonds is 3. The van der Waals surface area contributed by atoms with Crippen molar-refractivity contribution < 1.29 is 28.6 Å². The normalized spacial score (nSPS) is 43.5. The molecule has 0 amide bonds. The van der Waals surface area contributed by atoms with Crippen LogP contribution in [0.3, 0.4) is 0 Å². The molecule has 184 valence electrons. The fourth-order valence-corrected chi connectivity index (χ4v) is 8.53. The predicted octanol–water partition coefficient (Wildman–Crippen LogP) is 5.34. The van der Waals surface area contributed by atoms with Gasteiger partial charge in [0.15, 0.2) is 0 Å². The largest absolute Gasteiger partial charge is 0.463 e. The van der Waals surface area contributed by atoms with Crippen molar-refractivity contribution in [3.8, 4) is 0 Å². The van der Waals surface area contributed by atoms with Crippen molar-refractivity contribution in [3.63, 3.8) is 0 Å². The zero-order valence-corrected chi connectivity index (χ0v) is 21.1. The van der Waals surface area contributed by atoms with Crippen molar-refractivity contribution in [2.45, 2.75) is 105 Å². The first kappa shape index (κ1) is 24.3. The first-order valence-corrected chi connectivity index (χ1v) is 12.7. The van der Waals surface area contributed by atoms with Crippen molar-refractivity contribution in [2.24, 2.45) is 34.5 Å². The number of carbonyl (C=O) groups excluding carboxylic acids is 3. The van der Waals surface area contributed by atoms with Crippen LogP contribution in [-0.2, 0) is 28.6 Å². The molecule has 4 rings (SSSR count). The van der Waals surface area contributed by atoms with Gasteiger partial charge in [0.25, 0.3) is 0 Å². The second kappa shape index (κ2) is 8.74. The van der Waals surface area contributed by atoms with Gasteiger partial charge in [0.05, 0.1) is 0 Å². The lowest BCUT2D eigenvalue weighted by Gasteiger charge is -2.62. The molecule has 4 aliphatic carbocycles. The molecule has 0 N–H and O–H groups in total. The fourth-order valence-electron chi connectivity index (χ4n) is 8.53. The third kappa shape index (κ3) is 4.12. The van der Waals surface area contributed by atoms with E-state index in [0.29, 0.717) is 29.4 Å². The highest BCUT2D eigenvalue weighted by Gasteiger charge is 2.63. The number of carbonyl (C=O) groups is 3. The van der Waals surface area contributed by atoms with Crippen LogP contribution in [0.5, 0.6) is 0 Å². The Labute approximate surface area is 197 Å². The third-order valence-corrected chi connectivity index (χ3v) is 9.84. The number of hydrogen-bond acceptors (Lipinski definition) is 6. The van der Waals surface area contributed by atoms with Gasteiger partial charge < -0.3 is 14.2 Å². The summed E-state index contributed by atoms with van der Waals surface area (Å²) in [6.45, 7) is 11.0. The Kier molecular flexibility index (Phi) is 6.43. The minimum absolute atomic E-state index is 0.0302. The van der Waals surface area contributed by atoms with Crippen molar-refractivity contribution in [2.75, 3.05) is 0 Å². The van der Waals surface area contributed by atoms with E-state index in [1.165, 1.54) is 20.8 Å². The molecule has 0 aromatic carbocycles. The van der Waals surface area contributed by atoms with E-state index in [4.69, 9.17) is 14.2 Å². The maximum Gasteiger partial charge on any atom is 0.307 e. The lowest BCUT2D eigenvalue weighted by atomic mass is 9.44. The predicted molar refractivity (Wildman–Crippen MR) is 123 cm³/mol. The Balaban J connectivity index is 1.67. The molecule has 0 spiro atoms. The summed E-state index contributed by atoms with van der Waals surface area (Å²) in [6, 6.07) is 0. The molecule has 6 heteroatoms. The second-order valence-corrected chi connectivity index (χ2v) is 11.4. The van der Waals surface area contributed by atoms with E-state index in [2.05, 4.69) is 13.8 Å². The smallest absolute Gasteiger partial charge is 0.307 e. The SMILES string of the molecule is CC(=O)O/C(C)=C1\CC[C@@H]2[C@@H]3CC[C@@H]4C[C@H](OC(C)=O)CC[C@]4(C)[C@H]3C[C@H](OC(C)=O)[C@@]12C. The van der Waals surface area contributed by atoms with Gasteiger partial charge in [-0.25, -0.2) is 0 Å². The lowest BCUT2D eigenvalue weighted by Crippen LogP contribution is -2.58. The van der Waals surface area contributed by atoms with Gasteiger partial charge in [0.2, 0.25) is 0 Å². The summed E-state index contributed by atoms with van der Waals surface area (Å²) >= 11 is 0. The monoisotopic (exact) mass is 460 g/mol. The zero-order valence-electron chi connectivity index (χ0n) is 21.1. The van der Waals surface area contributed by atoms with Gasteiger partial charge in [-0.2, -0.15) is 0 Å². The molecule has 0 aromatic heterocycles. The van der Waals surface area contributed by atoms with Crippen LogP contribution in [0.1, 0.15) is 92.9 Å². The molecule has 0 saturated heterocycles. The minimum atomic E-state index is -0.303. The molecule has 0 radical (unpaired) electrons. The molecule has 0 bridgehead atoms. The highest BCUT2D eigenvalue weighted by molar-refractivity contribution is 5.68. The van der Waals surface area contributed by atoms with Crippen LogP contribution in [0.2, 0.25) is 0 Å². The second-order valence-electron chi connectivity index (χ2n) is 11.4. The Hall–Kier alpha value is -1.85. The van der Waals surface area contributed by atoms with E-state index in [1.807, 2.05) is 6.92 Å². The van der Waals surface area contributed by atoms with Crippen molar-refractivity contribution >= 4 is 17.9 Å². The topological polar surface area (TPSA) is 78.9 Å². The van der Waals surface area contributed by atoms with Gasteiger partial charge in [-0.1, -0.05) is 13.8 Å². The van der Waals surface area contributed by atoms with E-state index in [1.54, 1.807) is 0 Å². The van der Waals surface area contributed by atoms with Gasteiger partial charge >= 0.3 is 17.9 Å². The van der Waals surface area contributed by atoms with Crippen LogP contribution in [0, 0.1) is 34.5 Å². The van der Waals surface area contributed by atoms with Crippen LogP contribution in [-0.4, -0.2) is 30.1 Å². The summed E-state index contributed by atoms with van der Waals surface area (Å²) in [5.41, 5.74) is 1.01. The molecular weight excluding hydrogens is 420 g/mol. The van der Waals surface area contributed by atoms with Crippen molar-refractivity contribution in [1.82, 2.24) is 0 Å². The van der Waals surface area contributed by atoms with E-state index in [0.717, 1.165) is 56.9 Å². The average molecular weight is 461 g/mol. The molecule has 0 aromatic rings. The van der Waals surface area contributed by atoms with Gasteiger partial charge in [-0.3, -0.25) is 14.4 Å². The van der Waals surface area contributed by atoms with Crippen LogP contribution >= 0.6 is 0 Å². The van der Waals surface area contributed by atoms with Gasteiger partial charge in [0.1, 0.15) is 18.0 Å². The summed E-state index contributed by atoms with van der Waals surface area (Å²) < 4.78 is 17.2. The minimum Gasteiger partial charge on any atom is -0.463 e. The van der Waals surface area contributed by atoms with Crippen LogP contribution in [0.25, 0.3) is 0 Å². The molecule has 8 atom stereocenters. The Morgan fingerprint density at radius 1 is 0.818 bits per heavy atom. The van der Waals surface area contributed by atoms with Crippen molar-refractivity contribution in [3.05, 3.63) is 11.3 Å². The fraction of sp³-hybridized carbons (Fsp3) is 0.815. The Morgan fingerprint density at radius 3 is 2.15 bits per heavy atom. The maximum absolute atomic E-state index is 12.2. The quantitative estimate of drug-likeness (QED) is 0.321. The van der Waals surface area contributed by atoms with Crippen LogP contribution < -0.4 is 0 Å². The van der Waals surface area contributed by atoms with E-state index in [-0.39, 0.29) is 40.9 Å². The number of ether oxygens (including phenoxy) is 3. The van der Waals surface area contributed by atoms with Crippen LogP contribution in [0.4, 0.5) is 0 Å². The highest BCUT2D eigenvalue weighted by Crippen LogP contribution is 2.68. The number of esters is 3. The molecule has 33 heavy (non-hydrogen) atoms. The summed E-state index contributed by atoms with van der Waals surface area (Å²) in [6.07, 6.45) is 7.79. The van der Waals surface area contributed by atoms with Gasteiger partial charge in [-0.15, -0.1) is 0 Å². The van der Waals surface area contributed by atoms with E-state index >= 15 is 0 Å². The molecule has 0 heterocycles. The van der Waals surface area contributed by atoms with E-state index in [9.17, 15) is 14.4 Å². The van der Waals surface area contributed by atoms with E-state index < -0.39 is 0 Å². The standard InChI is InChI=1S/C27H40O6/c1-15(31-16(2)28)22-9-10-23-21-8-7-19-13-20(32-17(3)29)11-12-26(19,5)24(21)14-25(27(22,23)6)33-18(4)30/h19-21,23-25H,7-14H2,1-6H3/b22-15+/t19-,20-,21+,23-,24+,25+,26+,27+/m1/s1. The Bertz CT molecular complexity index is 861. The molecule has 6 nitrogen and oxygen atoms in total. The van der Waals surface area contributed by atoms with Gasteiger partial charge in [0, 0.05) is 26.2 Å². The Morgan fingerprint density at radius 2 is 1.52 bits per heavy atom. The first-order valence-electron chi connectivity index (χ1n) is 12.7. The van der Waals surface area contributed by atoms with Gasteiger partial charge in [-0.05, 0) is 93.0 Å². The molecule has 0 unspecified atom stereocenters. The summed E-state index contributed by atoms with van der Waals surface area (Å²) in [5.74, 6) is 1.93. The maximum atomic E-state index is 12.2. The molecule has 4 saturated carbocycles. The summed E-state index contributed by atoms with van der Waals surface area (Å²) in [5, 5.41) is 0. The van der Waals surface area contributed by atoms with Crippen molar-refractivity contribution in [1.29, 1.82) is 0 Å².